The Labute approximate surface area is 105 Å². The summed E-state index contributed by atoms with van der Waals surface area (Å²) in [5, 5.41) is 9.00. The number of hydrogen-bond acceptors (Lipinski definition) is 2. The van der Waals surface area contributed by atoms with E-state index in [9.17, 15) is 13.6 Å². The molecule has 0 spiro atoms. The molecule has 1 aromatic rings. The maximum absolute atomic E-state index is 13.6. The van der Waals surface area contributed by atoms with Crippen LogP contribution >= 0.6 is 0 Å². The van der Waals surface area contributed by atoms with E-state index in [1.807, 2.05) is 0 Å². The zero-order valence-corrected chi connectivity index (χ0v) is 10.6. The highest BCUT2D eigenvalue weighted by Crippen LogP contribution is 2.30. The molecule has 3 nitrogen and oxygen atoms in total. The summed E-state index contributed by atoms with van der Waals surface area (Å²) >= 11 is 0. The number of halogens is 2. The number of carbonyl (C=O) groups is 1. The summed E-state index contributed by atoms with van der Waals surface area (Å²) < 4.78 is 26.7. The van der Waals surface area contributed by atoms with E-state index in [0.29, 0.717) is 0 Å². The van der Waals surface area contributed by atoms with E-state index in [1.165, 1.54) is 26.8 Å². The number of benzene rings is 1. The maximum atomic E-state index is 13.6. The highest BCUT2D eigenvalue weighted by atomic mass is 19.1. The quantitative estimate of drug-likeness (QED) is 0.871. The van der Waals surface area contributed by atoms with E-state index in [4.69, 9.17) is 10.8 Å². The molecular weight excluding hydrogens is 240 g/mol. The highest BCUT2D eigenvalue weighted by molar-refractivity contribution is 5.73. The predicted octanol–water partition coefficient (Wildman–Crippen LogP) is 2.77. The lowest BCUT2D eigenvalue weighted by Gasteiger charge is -2.24. The molecule has 1 atom stereocenters. The third-order valence-electron chi connectivity index (χ3n) is 2.99. The summed E-state index contributed by atoms with van der Waals surface area (Å²) in [6, 6.07) is 1.32. The lowest BCUT2D eigenvalue weighted by Crippen LogP contribution is -2.29. The molecule has 0 amide bonds. The minimum Gasteiger partial charge on any atom is -0.481 e. The zero-order valence-electron chi connectivity index (χ0n) is 10.6. The second kappa shape index (κ2) is 5.02. The Hall–Kier alpha value is -1.49. The van der Waals surface area contributed by atoms with Crippen molar-refractivity contribution in [2.24, 2.45) is 11.1 Å². The molecule has 1 aromatic carbocycles. The lowest BCUT2D eigenvalue weighted by molar-refractivity contribution is -0.147. The van der Waals surface area contributed by atoms with E-state index in [-0.39, 0.29) is 17.5 Å². The largest absolute Gasteiger partial charge is 0.481 e. The van der Waals surface area contributed by atoms with Crippen LogP contribution < -0.4 is 5.73 Å². The van der Waals surface area contributed by atoms with Crippen LogP contribution in [0, 0.1) is 24.0 Å². The van der Waals surface area contributed by atoms with Gasteiger partial charge >= 0.3 is 5.97 Å². The highest BCUT2D eigenvalue weighted by Gasteiger charge is 2.31. The third-order valence-corrected chi connectivity index (χ3v) is 2.99. The van der Waals surface area contributed by atoms with Gasteiger partial charge in [0.1, 0.15) is 11.6 Å². The number of hydrogen-bond donors (Lipinski definition) is 2. The summed E-state index contributed by atoms with van der Waals surface area (Å²) in [6.45, 7) is 4.54. The molecule has 0 saturated carbocycles. The molecule has 0 saturated heterocycles. The van der Waals surface area contributed by atoms with Crippen molar-refractivity contribution >= 4 is 5.97 Å². The van der Waals surface area contributed by atoms with Crippen molar-refractivity contribution in [2.45, 2.75) is 33.2 Å². The van der Waals surface area contributed by atoms with Crippen molar-refractivity contribution in [3.05, 3.63) is 34.9 Å². The molecule has 0 aliphatic heterocycles. The molecule has 0 aliphatic carbocycles. The van der Waals surface area contributed by atoms with E-state index < -0.39 is 29.1 Å². The fraction of sp³-hybridized carbons (Fsp3) is 0.462. The Morgan fingerprint density at radius 3 is 2.44 bits per heavy atom. The molecule has 1 rings (SSSR count). The van der Waals surface area contributed by atoms with E-state index in [0.717, 1.165) is 6.07 Å². The normalized spacial score (nSPS) is 13.4. The first kappa shape index (κ1) is 14.6. The Morgan fingerprint density at radius 2 is 1.94 bits per heavy atom. The molecule has 18 heavy (non-hydrogen) atoms. The predicted molar refractivity (Wildman–Crippen MR) is 64.1 cm³/mol. The first-order chi connectivity index (χ1) is 8.15. The standard InChI is InChI=1S/C13H17F2NO2/c1-7-4-8(10(15)5-9(7)14)11(16)6-13(2,3)12(17)18/h4-5,11H,6,16H2,1-3H3,(H,17,18). The van der Waals surface area contributed by atoms with Gasteiger partial charge < -0.3 is 10.8 Å². The number of carboxylic acids is 1. The van der Waals surface area contributed by atoms with Crippen molar-refractivity contribution in [3.8, 4) is 0 Å². The summed E-state index contributed by atoms with van der Waals surface area (Å²) in [6.07, 6.45) is 0.0737. The van der Waals surface area contributed by atoms with Crippen LogP contribution in [0.4, 0.5) is 8.78 Å². The van der Waals surface area contributed by atoms with Crippen molar-refractivity contribution in [1.82, 2.24) is 0 Å². The molecule has 1 unspecified atom stereocenters. The summed E-state index contributed by atoms with van der Waals surface area (Å²) in [4.78, 5) is 11.0. The number of rotatable bonds is 4. The number of nitrogens with two attached hydrogens (primary N) is 1. The van der Waals surface area contributed by atoms with Gasteiger partial charge in [-0.15, -0.1) is 0 Å². The Kier molecular flexibility index (Phi) is 4.06. The van der Waals surface area contributed by atoms with Crippen molar-refractivity contribution in [1.29, 1.82) is 0 Å². The summed E-state index contributed by atoms with van der Waals surface area (Å²) in [5.41, 5.74) is 5.18. The summed E-state index contributed by atoms with van der Waals surface area (Å²) in [7, 11) is 0. The Balaban J connectivity index is 3.01. The first-order valence-electron chi connectivity index (χ1n) is 5.59. The monoisotopic (exact) mass is 257 g/mol. The molecule has 0 heterocycles. The van der Waals surface area contributed by atoms with Gasteiger partial charge in [0, 0.05) is 17.7 Å². The fourth-order valence-corrected chi connectivity index (χ4v) is 1.71. The maximum Gasteiger partial charge on any atom is 0.309 e. The van der Waals surface area contributed by atoms with Crippen LogP contribution in [0.3, 0.4) is 0 Å². The number of carboxylic acid groups (broad SMARTS) is 1. The van der Waals surface area contributed by atoms with Crippen molar-refractivity contribution in [3.63, 3.8) is 0 Å². The Bertz CT molecular complexity index is 472. The van der Waals surface area contributed by atoms with Gasteiger partial charge in [0.25, 0.3) is 0 Å². The van der Waals surface area contributed by atoms with E-state index >= 15 is 0 Å². The molecule has 5 heteroatoms. The second-order valence-corrected chi connectivity index (χ2v) is 5.12. The lowest BCUT2D eigenvalue weighted by atomic mass is 9.83. The van der Waals surface area contributed by atoms with Crippen LogP contribution in [0.15, 0.2) is 12.1 Å². The minimum atomic E-state index is -1.06. The van der Waals surface area contributed by atoms with Crippen molar-refractivity contribution in [2.75, 3.05) is 0 Å². The second-order valence-electron chi connectivity index (χ2n) is 5.12. The zero-order chi connectivity index (χ0) is 14.1. The van der Waals surface area contributed by atoms with Crippen LogP contribution in [0.5, 0.6) is 0 Å². The topological polar surface area (TPSA) is 63.3 Å². The average Bonchev–Trinajstić information content (AvgIpc) is 2.22. The third kappa shape index (κ3) is 3.04. The van der Waals surface area contributed by atoms with Crippen LogP contribution in [0.25, 0.3) is 0 Å². The molecule has 0 radical (unpaired) electrons. The molecule has 100 valence electrons. The molecular formula is C13H17F2NO2. The van der Waals surface area contributed by atoms with Gasteiger partial charge in [0.15, 0.2) is 0 Å². The van der Waals surface area contributed by atoms with E-state index in [1.54, 1.807) is 0 Å². The van der Waals surface area contributed by atoms with Gasteiger partial charge in [-0.25, -0.2) is 8.78 Å². The SMILES string of the molecule is Cc1cc(C(N)CC(C)(C)C(=O)O)c(F)cc1F. The first-order valence-corrected chi connectivity index (χ1v) is 5.59. The van der Waals surface area contributed by atoms with E-state index in [2.05, 4.69) is 0 Å². The van der Waals surface area contributed by atoms with Gasteiger partial charge in [-0.2, -0.15) is 0 Å². The number of aryl methyl sites for hydroxylation is 1. The fourth-order valence-electron chi connectivity index (χ4n) is 1.71. The van der Waals surface area contributed by atoms with Crippen LogP contribution in [0.2, 0.25) is 0 Å². The van der Waals surface area contributed by atoms with Crippen LogP contribution in [0.1, 0.15) is 37.4 Å². The summed E-state index contributed by atoms with van der Waals surface area (Å²) in [5.74, 6) is -2.38. The van der Waals surface area contributed by atoms with Gasteiger partial charge in [0.05, 0.1) is 5.41 Å². The number of aliphatic carboxylic acids is 1. The van der Waals surface area contributed by atoms with Gasteiger partial charge in [-0.05, 0) is 38.8 Å². The van der Waals surface area contributed by atoms with Gasteiger partial charge in [-0.1, -0.05) is 0 Å². The van der Waals surface area contributed by atoms with Gasteiger partial charge in [0.2, 0.25) is 0 Å². The van der Waals surface area contributed by atoms with Gasteiger partial charge in [-0.3, -0.25) is 4.79 Å². The molecule has 0 bridgehead atoms. The Morgan fingerprint density at radius 1 is 1.39 bits per heavy atom. The minimum absolute atomic E-state index is 0.0737. The molecule has 0 aromatic heterocycles. The van der Waals surface area contributed by atoms with Crippen LogP contribution in [-0.2, 0) is 4.79 Å². The van der Waals surface area contributed by atoms with Crippen molar-refractivity contribution < 1.29 is 18.7 Å². The average molecular weight is 257 g/mol. The molecule has 3 N–H and O–H groups in total. The molecule has 0 fully saturated rings. The molecule has 0 aliphatic rings. The smallest absolute Gasteiger partial charge is 0.309 e. The van der Waals surface area contributed by atoms with Crippen LogP contribution in [-0.4, -0.2) is 11.1 Å².